The van der Waals surface area contributed by atoms with Crippen LogP contribution in [0.25, 0.3) is 32.0 Å². The first-order chi connectivity index (χ1) is 27.8. The van der Waals surface area contributed by atoms with Crippen molar-refractivity contribution in [1.29, 1.82) is 0 Å². The molecule has 13 nitrogen and oxygen atoms in total. The number of fused-ring (bicyclic) bond motifs is 8. The SMILES string of the molecule is CCn1c(-c2cc(N3CCN(C)CC3)ncc2[C@H](C)OC)c2c3cc(sc31)-c1csc(n1)C[C@H](NC(=O)[C@H]1C[C@@H]1C)C(=O)N1C[C@@H]3C[C@@H]3[C@H](N1)C(=O)OCC(C)(C)C2. The Morgan fingerprint density at radius 1 is 1.17 bits per heavy atom. The Hall–Kier alpha value is -3.89. The van der Waals surface area contributed by atoms with Gasteiger partial charge in [0.05, 0.1) is 34.0 Å². The number of hydrogen-bond acceptors (Lipinski definition) is 12. The fourth-order valence-electron chi connectivity index (χ4n) is 9.18. The maximum atomic E-state index is 14.3. The van der Waals surface area contributed by atoms with E-state index in [4.69, 9.17) is 19.4 Å². The second kappa shape index (κ2) is 15.3. The number of hydrazine groups is 1. The molecule has 7 atom stereocenters. The maximum absolute atomic E-state index is 14.3. The summed E-state index contributed by atoms with van der Waals surface area (Å²) in [6.45, 7) is 15.9. The van der Waals surface area contributed by atoms with Crippen LogP contribution in [0.1, 0.15) is 69.7 Å². The van der Waals surface area contributed by atoms with Gasteiger partial charge in [0.1, 0.15) is 22.7 Å². The number of thiophene rings is 1. The monoisotopic (exact) mass is 828 g/mol. The van der Waals surface area contributed by atoms with Crippen molar-refractivity contribution in [3.8, 4) is 21.8 Å². The van der Waals surface area contributed by atoms with E-state index >= 15 is 0 Å². The number of carbonyl (C=O) groups excluding carboxylic acids is 3. The molecule has 0 unspecified atom stereocenters. The van der Waals surface area contributed by atoms with Crippen molar-refractivity contribution in [3.63, 3.8) is 0 Å². The van der Waals surface area contributed by atoms with E-state index in [0.29, 0.717) is 18.9 Å². The number of rotatable bonds is 7. The van der Waals surface area contributed by atoms with Crippen LogP contribution in [0.5, 0.6) is 0 Å². The van der Waals surface area contributed by atoms with Crippen LogP contribution in [-0.4, -0.2) is 108 Å². The van der Waals surface area contributed by atoms with Gasteiger partial charge >= 0.3 is 5.97 Å². The zero-order chi connectivity index (χ0) is 40.6. The van der Waals surface area contributed by atoms with Crippen molar-refractivity contribution in [3.05, 3.63) is 39.8 Å². The second-order valence-corrected chi connectivity index (χ2v) is 20.0. The number of hydrogen-bond donors (Lipinski definition) is 2. The van der Waals surface area contributed by atoms with Crippen LogP contribution in [0.2, 0.25) is 0 Å². The Bertz CT molecular complexity index is 2240. The molecule has 0 aromatic carbocycles. The zero-order valence-electron chi connectivity index (χ0n) is 34.7. The molecule has 5 aliphatic rings. The number of aromatic nitrogens is 3. The number of methoxy groups -OCH3 is 1. The Labute approximate surface area is 348 Å². The molecule has 9 rings (SSSR count). The lowest BCUT2D eigenvalue weighted by molar-refractivity contribution is -0.156. The van der Waals surface area contributed by atoms with Crippen LogP contribution < -0.4 is 15.6 Å². The highest BCUT2D eigenvalue weighted by Crippen LogP contribution is 2.48. The van der Waals surface area contributed by atoms with Crippen LogP contribution in [0.4, 0.5) is 5.82 Å². The van der Waals surface area contributed by atoms with Gasteiger partial charge in [-0.25, -0.2) is 15.4 Å². The Balaban J connectivity index is 1.16. The lowest BCUT2D eigenvalue weighted by atomic mass is 9.84. The molecule has 4 aromatic rings. The molecule has 15 heteroatoms. The lowest BCUT2D eigenvalue weighted by Gasteiger charge is -2.35. The summed E-state index contributed by atoms with van der Waals surface area (Å²) in [7, 11) is 3.91. The van der Waals surface area contributed by atoms with Gasteiger partial charge in [0.2, 0.25) is 5.91 Å². The predicted molar refractivity (Wildman–Crippen MR) is 227 cm³/mol. The van der Waals surface area contributed by atoms with Crippen LogP contribution in [0.3, 0.4) is 0 Å². The zero-order valence-corrected chi connectivity index (χ0v) is 36.3. The normalized spacial score (nSPS) is 27.8. The van der Waals surface area contributed by atoms with E-state index in [0.717, 1.165) is 94.0 Å². The quantitative estimate of drug-likeness (QED) is 0.229. The summed E-state index contributed by atoms with van der Waals surface area (Å²) in [5, 5.41) is 8.66. The molecule has 0 radical (unpaired) electrons. The number of anilines is 1. The van der Waals surface area contributed by atoms with Crippen molar-refractivity contribution in [2.24, 2.45) is 29.1 Å². The molecule has 4 aromatic heterocycles. The summed E-state index contributed by atoms with van der Waals surface area (Å²) in [5.41, 5.74) is 8.17. The second-order valence-electron chi connectivity index (χ2n) is 18.1. The highest BCUT2D eigenvalue weighted by molar-refractivity contribution is 7.22. The van der Waals surface area contributed by atoms with E-state index in [1.54, 1.807) is 23.5 Å². The number of likely N-dealkylation sites (N-methyl/N-ethyl adjacent to an activating group) is 1. The van der Waals surface area contributed by atoms with Gasteiger partial charge in [-0.2, -0.15) is 0 Å². The molecule has 2 N–H and O–H groups in total. The predicted octanol–water partition coefficient (Wildman–Crippen LogP) is 5.53. The lowest BCUT2D eigenvalue weighted by Crippen LogP contribution is -2.61. The number of carbonyl (C=O) groups is 3. The average Bonchev–Trinajstić information content (AvgIpc) is 4.00. The molecule has 2 saturated heterocycles. The van der Waals surface area contributed by atoms with Gasteiger partial charge < -0.3 is 29.2 Å². The van der Waals surface area contributed by atoms with E-state index in [-0.39, 0.29) is 54.7 Å². The first kappa shape index (κ1) is 39.6. The number of pyridine rings is 1. The number of aryl methyl sites for hydroxylation is 1. The molecule has 7 heterocycles. The van der Waals surface area contributed by atoms with Gasteiger partial charge in [-0.05, 0) is 75.6 Å². The molecular formula is C43H56N8O5S2. The summed E-state index contributed by atoms with van der Waals surface area (Å²) in [6, 6.07) is 3.09. The van der Waals surface area contributed by atoms with Crippen molar-refractivity contribution >= 4 is 56.5 Å². The molecular weight excluding hydrogens is 773 g/mol. The third-order valence-electron chi connectivity index (χ3n) is 13.1. The number of nitrogens with one attached hydrogen (secondary N) is 2. The smallest absolute Gasteiger partial charge is 0.325 e. The summed E-state index contributed by atoms with van der Waals surface area (Å²) in [5.74, 6) is 0.836. The van der Waals surface area contributed by atoms with E-state index in [2.05, 4.69) is 84.3 Å². The minimum absolute atomic E-state index is 0.0811. The van der Waals surface area contributed by atoms with Gasteiger partial charge in [-0.1, -0.05) is 20.8 Å². The Kier molecular flexibility index (Phi) is 10.4. The molecule has 6 bridgehead atoms. The number of amides is 2. The fourth-order valence-corrected chi connectivity index (χ4v) is 11.3. The number of cyclic esters (lactones) is 1. The topological polar surface area (TPSA) is 134 Å². The first-order valence-corrected chi connectivity index (χ1v) is 22.6. The van der Waals surface area contributed by atoms with Crippen molar-refractivity contribution < 1.29 is 23.9 Å². The summed E-state index contributed by atoms with van der Waals surface area (Å²) in [6.07, 6.45) is 4.41. The highest BCUT2D eigenvalue weighted by Gasteiger charge is 2.53. The molecule has 0 spiro atoms. The number of nitrogens with zero attached hydrogens (tertiary/aromatic N) is 6. The largest absolute Gasteiger partial charge is 0.464 e. The van der Waals surface area contributed by atoms with Crippen LogP contribution in [0, 0.1) is 29.1 Å². The first-order valence-electron chi connectivity index (χ1n) is 20.9. The van der Waals surface area contributed by atoms with E-state index in [1.165, 1.54) is 16.9 Å². The van der Waals surface area contributed by atoms with Gasteiger partial charge in [-0.15, -0.1) is 22.7 Å². The van der Waals surface area contributed by atoms with Crippen LogP contribution in [0.15, 0.2) is 23.7 Å². The molecule has 58 heavy (non-hydrogen) atoms. The number of esters is 1. The average molecular weight is 829 g/mol. The van der Waals surface area contributed by atoms with Crippen LogP contribution in [-0.2, 0) is 43.2 Å². The molecule has 310 valence electrons. The van der Waals surface area contributed by atoms with Crippen molar-refractivity contribution in [1.82, 2.24) is 35.2 Å². The number of ether oxygens (including phenoxy) is 2. The molecule has 2 amide bonds. The fraction of sp³-hybridized carbons (Fsp3) is 0.605. The Morgan fingerprint density at radius 3 is 2.67 bits per heavy atom. The maximum Gasteiger partial charge on any atom is 0.325 e. The van der Waals surface area contributed by atoms with Gasteiger partial charge in [0, 0.05) is 92.2 Å². The third-order valence-corrected chi connectivity index (χ3v) is 15.1. The summed E-state index contributed by atoms with van der Waals surface area (Å²) in [4.78, 5) is 58.6. The molecule has 4 fully saturated rings. The standard InChI is InChI=1S/C43H56N8O5S2/c1-8-50-38(28-16-35(44-19-31(28)24(3)55-7)49-11-9-48(6)10-12-49)30-18-43(4,5)22-56-42(54)37-27-14-25(27)20-51(47-37)40(53)32(46-39(52)26-13-23(26)2)17-36-45-33(21-57-36)34-15-29(30)41(50)58-34/h15-16,19,21,23-27,32,37,47H,8-14,17-18,20,22H2,1-7H3,(H,46,52)/t23-,24-,25-,26-,27-,32-,37-/m0/s1. The summed E-state index contributed by atoms with van der Waals surface area (Å²) < 4.78 is 14.6. The van der Waals surface area contributed by atoms with E-state index in [9.17, 15) is 14.4 Å². The summed E-state index contributed by atoms with van der Waals surface area (Å²) >= 11 is 3.24. The highest BCUT2D eigenvalue weighted by atomic mass is 32.1. The molecule has 3 aliphatic heterocycles. The van der Waals surface area contributed by atoms with Gasteiger partial charge in [-0.3, -0.25) is 19.4 Å². The number of thiazole rings is 1. The van der Waals surface area contributed by atoms with Gasteiger partial charge in [0.25, 0.3) is 5.91 Å². The van der Waals surface area contributed by atoms with E-state index in [1.807, 2.05) is 6.20 Å². The Morgan fingerprint density at radius 2 is 1.95 bits per heavy atom. The molecule has 2 aliphatic carbocycles. The van der Waals surface area contributed by atoms with Crippen molar-refractivity contribution in [2.75, 3.05) is 58.4 Å². The minimum atomic E-state index is -0.808. The number of piperazine rings is 1. The molecule has 2 saturated carbocycles. The van der Waals surface area contributed by atoms with Crippen LogP contribution >= 0.6 is 22.7 Å². The van der Waals surface area contributed by atoms with E-state index < -0.39 is 17.5 Å². The van der Waals surface area contributed by atoms with Crippen molar-refractivity contribution in [2.45, 2.75) is 85.0 Å². The third kappa shape index (κ3) is 7.46. The van der Waals surface area contributed by atoms with Gasteiger partial charge in [0.15, 0.2) is 0 Å². The minimum Gasteiger partial charge on any atom is -0.464 e.